The first-order chi connectivity index (χ1) is 19.6. The highest BCUT2D eigenvalue weighted by Crippen LogP contribution is 2.45. The molecule has 2 heterocycles. The minimum atomic E-state index is -1.45. The summed E-state index contributed by atoms with van der Waals surface area (Å²) in [6.45, 7) is 2.19. The Labute approximate surface area is 248 Å². The second kappa shape index (κ2) is 12.8. The number of benzene rings is 2. The Kier molecular flexibility index (Phi) is 9.38. The van der Waals surface area contributed by atoms with Gasteiger partial charge in [0.2, 0.25) is 0 Å². The molecule has 7 nitrogen and oxygen atoms in total. The molecule has 0 radical (unpaired) electrons. The zero-order valence-corrected chi connectivity index (χ0v) is 24.3. The number of hydrogen-bond donors (Lipinski definition) is 1. The van der Waals surface area contributed by atoms with Crippen molar-refractivity contribution < 1.29 is 33.0 Å². The number of aliphatic carboxylic acids is 1. The summed E-state index contributed by atoms with van der Waals surface area (Å²) in [5, 5.41) is 10.6. The summed E-state index contributed by atoms with van der Waals surface area (Å²) in [6, 6.07) is 6.95. The van der Waals surface area contributed by atoms with E-state index in [-0.39, 0.29) is 36.4 Å². The fourth-order valence-electron chi connectivity index (χ4n) is 5.95. The van der Waals surface area contributed by atoms with Gasteiger partial charge in [0.05, 0.1) is 31.4 Å². The molecule has 1 aliphatic carbocycles. The van der Waals surface area contributed by atoms with Crippen molar-refractivity contribution in [2.45, 2.75) is 56.3 Å². The highest BCUT2D eigenvalue weighted by molar-refractivity contribution is 6.34. The summed E-state index contributed by atoms with van der Waals surface area (Å²) in [5.74, 6) is -2.07. The number of piperidine rings is 1. The van der Waals surface area contributed by atoms with E-state index >= 15 is 4.39 Å². The van der Waals surface area contributed by atoms with Crippen molar-refractivity contribution in [3.63, 3.8) is 0 Å². The summed E-state index contributed by atoms with van der Waals surface area (Å²) in [4.78, 5) is 27.9. The molecule has 1 amide bonds. The number of nitrogens with zero attached hydrogens (tertiary/aromatic N) is 2. The molecule has 2 aliphatic heterocycles. The van der Waals surface area contributed by atoms with E-state index in [1.807, 2.05) is 12.1 Å². The molecule has 1 N–H and O–H groups in total. The van der Waals surface area contributed by atoms with E-state index in [0.29, 0.717) is 29.0 Å². The quantitative estimate of drug-likeness (QED) is 0.349. The van der Waals surface area contributed by atoms with Crippen LogP contribution in [0, 0.1) is 11.7 Å². The fraction of sp³-hybridized carbons (Fsp3) is 0.533. The number of carbonyl (C=O) groups excluding carboxylic acids is 1. The van der Waals surface area contributed by atoms with Crippen LogP contribution in [-0.2, 0) is 9.53 Å². The van der Waals surface area contributed by atoms with Gasteiger partial charge in [-0.3, -0.25) is 9.69 Å². The SMILES string of the molecule is COC[C@H](c1cc(Cl)cc(Cl)c1)N1CCC(COc2cc(F)c(C(=O)N3CC(F)CC3C(=O)O)cc2C2CC2)CC1. The molecule has 41 heavy (non-hydrogen) atoms. The Hall–Kier alpha value is -2.46. The molecule has 2 aromatic carbocycles. The summed E-state index contributed by atoms with van der Waals surface area (Å²) >= 11 is 12.5. The molecular weight excluding hydrogens is 577 g/mol. The molecule has 11 heteroatoms. The minimum absolute atomic E-state index is 0.0164. The molecule has 0 spiro atoms. The maximum atomic E-state index is 15.2. The van der Waals surface area contributed by atoms with Crippen LogP contribution in [-0.4, -0.2) is 79.0 Å². The first kappa shape index (κ1) is 30.0. The van der Waals surface area contributed by atoms with E-state index in [1.54, 1.807) is 13.2 Å². The standard InChI is InChI=1S/C30H34Cl2F2N2O5/c1-40-16-27(19-8-20(31)10-21(32)9-19)35-6-4-17(5-7-35)15-41-28-13-25(34)24(12-23(28)18-2-3-18)29(37)36-14-22(33)11-26(36)30(38)39/h8-10,12-13,17-18,22,26-27H,2-7,11,14-16H2,1H3,(H,38,39)/t22?,26?,27-/m1/s1. The summed E-state index contributed by atoms with van der Waals surface area (Å²) in [5.41, 5.74) is 1.51. The zero-order valence-electron chi connectivity index (χ0n) is 22.8. The van der Waals surface area contributed by atoms with E-state index in [0.717, 1.165) is 54.8 Å². The number of rotatable bonds is 10. The van der Waals surface area contributed by atoms with Crippen molar-refractivity contribution in [1.82, 2.24) is 9.80 Å². The Balaban J connectivity index is 1.24. The molecule has 2 saturated heterocycles. The first-order valence-electron chi connectivity index (χ1n) is 14.0. The average molecular weight is 612 g/mol. The van der Waals surface area contributed by atoms with Crippen LogP contribution in [0.25, 0.3) is 0 Å². The lowest BCUT2D eigenvalue weighted by molar-refractivity contribution is -0.141. The van der Waals surface area contributed by atoms with Crippen LogP contribution in [0.4, 0.5) is 8.78 Å². The van der Waals surface area contributed by atoms with Gasteiger partial charge >= 0.3 is 5.97 Å². The van der Waals surface area contributed by atoms with Crippen molar-refractivity contribution in [1.29, 1.82) is 0 Å². The summed E-state index contributed by atoms with van der Waals surface area (Å²) in [7, 11) is 1.67. The second-order valence-corrected chi connectivity index (χ2v) is 12.1. The van der Waals surface area contributed by atoms with Gasteiger partial charge in [0, 0.05) is 29.6 Å². The molecule has 0 bridgehead atoms. The van der Waals surface area contributed by atoms with Crippen LogP contribution in [0.1, 0.15) is 65.5 Å². The minimum Gasteiger partial charge on any atom is -0.493 e. The number of halogens is 4. The lowest BCUT2D eigenvalue weighted by Gasteiger charge is -2.37. The number of ether oxygens (including phenoxy) is 2. The van der Waals surface area contributed by atoms with E-state index < -0.39 is 29.9 Å². The van der Waals surface area contributed by atoms with Crippen LogP contribution in [0.3, 0.4) is 0 Å². The average Bonchev–Trinajstić information content (AvgIpc) is 3.70. The van der Waals surface area contributed by atoms with E-state index in [4.69, 9.17) is 32.7 Å². The van der Waals surface area contributed by atoms with Crippen molar-refractivity contribution in [2.75, 3.05) is 40.0 Å². The van der Waals surface area contributed by atoms with Gasteiger partial charge in [0.25, 0.3) is 5.91 Å². The largest absolute Gasteiger partial charge is 0.493 e. The van der Waals surface area contributed by atoms with Crippen LogP contribution >= 0.6 is 23.2 Å². The summed E-state index contributed by atoms with van der Waals surface area (Å²) < 4.78 is 40.8. The third-order valence-electron chi connectivity index (χ3n) is 8.30. The van der Waals surface area contributed by atoms with Crippen LogP contribution in [0.5, 0.6) is 5.75 Å². The number of hydrogen-bond acceptors (Lipinski definition) is 5. The normalized spacial score (nSPS) is 22.6. The Morgan fingerprint density at radius 2 is 1.76 bits per heavy atom. The van der Waals surface area contributed by atoms with Gasteiger partial charge in [0.1, 0.15) is 23.8 Å². The highest BCUT2D eigenvalue weighted by atomic mass is 35.5. The van der Waals surface area contributed by atoms with Crippen LogP contribution in [0.2, 0.25) is 10.0 Å². The smallest absolute Gasteiger partial charge is 0.326 e. The zero-order chi connectivity index (χ0) is 29.3. The molecule has 5 rings (SSSR count). The van der Waals surface area contributed by atoms with Crippen molar-refractivity contribution in [2.24, 2.45) is 5.92 Å². The van der Waals surface area contributed by atoms with Gasteiger partial charge in [-0.15, -0.1) is 0 Å². The van der Waals surface area contributed by atoms with E-state index in [2.05, 4.69) is 4.90 Å². The molecule has 3 aliphatic rings. The Bertz CT molecular complexity index is 1270. The molecular formula is C30H34Cl2F2N2O5. The lowest BCUT2D eigenvalue weighted by atomic mass is 9.95. The third-order valence-corrected chi connectivity index (χ3v) is 8.74. The Morgan fingerprint density at radius 1 is 1.07 bits per heavy atom. The van der Waals surface area contributed by atoms with Crippen molar-refractivity contribution in [3.8, 4) is 5.75 Å². The van der Waals surface area contributed by atoms with Gasteiger partial charge < -0.3 is 19.5 Å². The second-order valence-electron chi connectivity index (χ2n) is 11.3. The Morgan fingerprint density at radius 3 is 2.37 bits per heavy atom. The topological polar surface area (TPSA) is 79.3 Å². The fourth-order valence-corrected chi connectivity index (χ4v) is 6.49. The number of methoxy groups -OCH3 is 1. The number of likely N-dealkylation sites (tertiary alicyclic amines) is 2. The number of amides is 1. The van der Waals surface area contributed by atoms with Gasteiger partial charge in [-0.05, 0) is 86.0 Å². The van der Waals surface area contributed by atoms with Gasteiger partial charge in [-0.2, -0.15) is 0 Å². The number of alkyl halides is 1. The molecule has 2 aromatic rings. The van der Waals surface area contributed by atoms with Gasteiger partial charge in [0.15, 0.2) is 0 Å². The van der Waals surface area contributed by atoms with Crippen molar-refractivity contribution >= 4 is 35.1 Å². The van der Waals surface area contributed by atoms with Crippen LogP contribution in [0.15, 0.2) is 30.3 Å². The molecule has 2 unspecified atom stereocenters. The molecule has 0 aromatic heterocycles. The van der Waals surface area contributed by atoms with E-state index in [1.165, 1.54) is 12.1 Å². The number of carboxylic acid groups (broad SMARTS) is 1. The molecule has 1 saturated carbocycles. The number of carbonyl (C=O) groups is 2. The molecule has 3 atom stereocenters. The monoisotopic (exact) mass is 610 g/mol. The predicted octanol–water partition coefficient (Wildman–Crippen LogP) is 6.13. The van der Waals surface area contributed by atoms with Gasteiger partial charge in [-0.1, -0.05) is 23.2 Å². The van der Waals surface area contributed by atoms with Crippen molar-refractivity contribution in [3.05, 3.63) is 62.9 Å². The third kappa shape index (κ3) is 6.96. The molecule has 222 valence electrons. The highest BCUT2D eigenvalue weighted by Gasteiger charge is 2.41. The maximum Gasteiger partial charge on any atom is 0.326 e. The first-order valence-corrected chi connectivity index (χ1v) is 14.7. The summed E-state index contributed by atoms with van der Waals surface area (Å²) in [6.07, 6.45) is 1.81. The predicted molar refractivity (Wildman–Crippen MR) is 151 cm³/mol. The maximum absolute atomic E-state index is 15.2. The molecule has 3 fully saturated rings. The lowest BCUT2D eigenvalue weighted by Crippen LogP contribution is -2.41. The van der Waals surface area contributed by atoms with Gasteiger partial charge in [-0.25, -0.2) is 13.6 Å². The van der Waals surface area contributed by atoms with Crippen LogP contribution < -0.4 is 4.74 Å². The number of carboxylic acids is 1. The van der Waals surface area contributed by atoms with E-state index in [9.17, 15) is 19.1 Å².